The van der Waals surface area contributed by atoms with Crippen LogP contribution < -0.4 is 10.2 Å². The lowest BCUT2D eigenvalue weighted by Gasteiger charge is -2.43. The number of amides is 3. The Balaban J connectivity index is 1.28. The average molecular weight is 505 g/mol. The fourth-order valence-electron chi connectivity index (χ4n) is 5.73. The zero-order chi connectivity index (χ0) is 25.8. The first kappa shape index (κ1) is 25.3. The molecule has 5 rings (SSSR count). The molecule has 3 saturated heterocycles. The molecule has 2 aromatic rings. The highest BCUT2D eigenvalue weighted by molar-refractivity contribution is 5.97. The van der Waals surface area contributed by atoms with Crippen LogP contribution in [0, 0.1) is 0 Å². The number of aryl methyl sites for hydroxylation is 1. The van der Waals surface area contributed by atoms with Crippen molar-refractivity contribution in [3.05, 3.63) is 65.7 Å². The fourth-order valence-corrected chi connectivity index (χ4v) is 5.73. The number of ether oxygens (including phenoxy) is 1. The lowest BCUT2D eigenvalue weighted by atomic mass is 9.85. The van der Waals surface area contributed by atoms with Gasteiger partial charge in [0.2, 0.25) is 5.91 Å². The maximum Gasteiger partial charge on any atom is 0.253 e. The zero-order valence-electron chi connectivity index (χ0n) is 21.5. The van der Waals surface area contributed by atoms with Gasteiger partial charge in [0.25, 0.3) is 11.8 Å². The minimum Gasteiger partial charge on any atom is -0.376 e. The van der Waals surface area contributed by atoms with Gasteiger partial charge in [-0.15, -0.1) is 0 Å². The van der Waals surface area contributed by atoms with Gasteiger partial charge in [-0.2, -0.15) is 0 Å². The highest BCUT2D eigenvalue weighted by Crippen LogP contribution is 2.39. The molecule has 1 spiro atoms. The molecule has 0 saturated carbocycles. The molecule has 3 aliphatic rings. The fraction of sp³-hybridized carbons (Fsp3) is 0.483. The number of benzene rings is 2. The van der Waals surface area contributed by atoms with Crippen molar-refractivity contribution in [1.29, 1.82) is 0 Å². The summed E-state index contributed by atoms with van der Waals surface area (Å²) < 4.78 is 5.60. The van der Waals surface area contributed by atoms with Gasteiger partial charge in [-0.05, 0) is 61.9 Å². The Morgan fingerprint density at radius 3 is 2.43 bits per heavy atom. The summed E-state index contributed by atoms with van der Waals surface area (Å²) in [5.41, 5.74) is 2.06. The second-order valence-corrected chi connectivity index (χ2v) is 10.2. The molecule has 3 amide bonds. The Labute approximate surface area is 218 Å². The third kappa shape index (κ3) is 5.21. The van der Waals surface area contributed by atoms with E-state index in [4.69, 9.17) is 4.74 Å². The zero-order valence-corrected chi connectivity index (χ0v) is 21.5. The second-order valence-electron chi connectivity index (χ2n) is 10.2. The molecule has 2 aromatic carbocycles. The van der Waals surface area contributed by atoms with Gasteiger partial charge >= 0.3 is 0 Å². The number of hydrogen-bond donors (Lipinski definition) is 1. The molecule has 8 nitrogen and oxygen atoms in total. The number of carbonyl (C=O) groups is 3. The molecule has 3 heterocycles. The lowest BCUT2D eigenvalue weighted by molar-refractivity contribution is -0.137. The number of nitrogens with zero attached hydrogens (tertiary/aromatic N) is 3. The van der Waals surface area contributed by atoms with Crippen LogP contribution >= 0.6 is 0 Å². The van der Waals surface area contributed by atoms with Gasteiger partial charge in [0, 0.05) is 37.5 Å². The molecule has 1 unspecified atom stereocenters. The number of nitrogens with one attached hydrogen (secondary N) is 1. The Morgan fingerprint density at radius 1 is 1.05 bits per heavy atom. The monoisotopic (exact) mass is 504 g/mol. The van der Waals surface area contributed by atoms with Crippen LogP contribution in [0.3, 0.4) is 0 Å². The third-order valence-electron chi connectivity index (χ3n) is 7.95. The number of hydrogen-bond acceptors (Lipinski definition) is 5. The van der Waals surface area contributed by atoms with Crippen molar-refractivity contribution < 1.29 is 19.1 Å². The van der Waals surface area contributed by atoms with E-state index in [1.807, 2.05) is 59.5 Å². The first-order valence-corrected chi connectivity index (χ1v) is 13.4. The third-order valence-corrected chi connectivity index (χ3v) is 7.95. The van der Waals surface area contributed by atoms with Crippen LogP contribution in [0.5, 0.6) is 0 Å². The molecule has 1 atom stereocenters. The molecule has 3 aliphatic heterocycles. The van der Waals surface area contributed by atoms with Gasteiger partial charge in [0.1, 0.15) is 12.1 Å². The highest BCUT2D eigenvalue weighted by Gasteiger charge is 2.54. The van der Waals surface area contributed by atoms with Crippen molar-refractivity contribution in [3.63, 3.8) is 0 Å². The normalized spacial score (nSPS) is 21.1. The summed E-state index contributed by atoms with van der Waals surface area (Å²) in [6.45, 7) is 4.65. The van der Waals surface area contributed by atoms with Crippen molar-refractivity contribution in [1.82, 2.24) is 15.1 Å². The van der Waals surface area contributed by atoms with E-state index in [1.54, 1.807) is 4.90 Å². The predicted octanol–water partition coefficient (Wildman–Crippen LogP) is 2.83. The molecule has 37 heavy (non-hydrogen) atoms. The van der Waals surface area contributed by atoms with Gasteiger partial charge in [-0.3, -0.25) is 14.4 Å². The number of anilines is 1. The topological polar surface area (TPSA) is 82.2 Å². The minimum absolute atomic E-state index is 0.000393. The average Bonchev–Trinajstić information content (AvgIpc) is 3.56. The van der Waals surface area contributed by atoms with E-state index >= 15 is 0 Å². The summed E-state index contributed by atoms with van der Waals surface area (Å²) in [6.07, 6.45) is 4.00. The van der Waals surface area contributed by atoms with Gasteiger partial charge in [0.15, 0.2) is 0 Å². The molecule has 8 heteroatoms. The smallest absolute Gasteiger partial charge is 0.253 e. The SMILES string of the molecule is CCc1ccc(C(=O)N2CCC3(CC2)C(=O)N(CC(=O)NCC2CCCO2)CN3c2ccccc2)cc1. The molecular formula is C29H36N4O4. The van der Waals surface area contributed by atoms with Gasteiger partial charge in [-0.1, -0.05) is 37.3 Å². The van der Waals surface area contributed by atoms with Crippen molar-refractivity contribution in [3.8, 4) is 0 Å². The Kier molecular flexibility index (Phi) is 7.46. The summed E-state index contributed by atoms with van der Waals surface area (Å²) in [5.74, 6) is -0.209. The molecule has 3 fully saturated rings. The van der Waals surface area contributed by atoms with Crippen LogP contribution in [-0.2, 0) is 20.7 Å². The maximum absolute atomic E-state index is 13.9. The number of para-hydroxylation sites is 1. The number of likely N-dealkylation sites (tertiary alicyclic amines) is 1. The molecule has 0 aromatic heterocycles. The molecular weight excluding hydrogens is 468 g/mol. The summed E-state index contributed by atoms with van der Waals surface area (Å²) in [7, 11) is 0. The van der Waals surface area contributed by atoms with E-state index in [0.29, 0.717) is 44.7 Å². The molecule has 0 bridgehead atoms. The minimum atomic E-state index is -0.765. The van der Waals surface area contributed by atoms with Crippen LogP contribution in [-0.4, -0.2) is 78.6 Å². The Hall–Kier alpha value is -3.39. The summed E-state index contributed by atoms with van der Waals surface area (Å²) in [5, 5.41) is 2.94. The van der Waals surface area contributed by atoms with E-state index in [1.165, 1.54) is 5.56 Å². The summed E-state index contributed by atoms with van der Waals surface area (Å²) in [4.78, 5) is 45.4. The molecule has 196 valence electrons. The summed E-state index contributed by atoms with van der Waals surface area (Å²) >= 11 is 0. The van der Waals surface area contributed by atoms with E-state index in [-0.39, 0.29) is 30.4 Å². The number of carbonyl (C=O) groups excluding carboxylic acids is 3. The van der Waals surface area contributed by atoms with Crippen molar-refractivity contribution in [2.24, 2.45) is 0 Å². The lowest BCUT2D eigenvalue weighted by Crippen LogP contribution is -2.57. The van der Waals surface area contributed by atoms with E-state index in [9.17, 15) is 14.4 Å². The largest absolute Gasteiger partial charge is 0.376 e. The van der Waals surface area contributed by atoms with E-state index in [2.05, 4.69) is 17.1 Å². The standard InChI is InChI=1S/C29H36N4O4/c1-2-22-10-12-23(13-11-22)27(35)31-16-14-29(15-17-31)28(36)32(21-33(29)24-7-4-3-5-8-24)20-26(34)30-19-25-9-6-18-37-25/h3-5,7-8,10-13,25H,2,6,9,14-21H2,1H3,(H,30,34). The molecule has 1 N–H and O–H groups in total. The van der Waals surface area contributed by atoms with E-state index in [0.717, 1.165) is 31.6 Å². The van der Waals surface area contributed by atoms with E-state index < -0.39 is 5.54 Å². The second kappa shape index (κ2) is 10.9. The van der Waals surface area contributed by atoms with Crippen LogP contribution in [0.4, 0.5) is 5.69 Å². The van der Waals surface area contributed by atoms with Crippen LogP contribution in [0.1, 0.15) is 48.5 Å². The van der Waals surface area contributed by atoms with Crippen molar-refractivity contribution in [2.45, 2.75) is 50.7 Å². The van der Waals surface area contributed by atoms with Crippen LogP contribution in [0.15, 0.2) is 54.6 Å². The van der Waals surface area contributed by atoms with Gasteiger partial charge in [0.05, 0.1) is 12.8 Å². The first-order valence-electron chi connectivity index (χ1n) is 13.4. The maximum atomic E-state index is 13.9. The Morgan fingerprint density at radius 2 is 1.78 bits per heavy atom. The van der Waals surface area contributed by atoms with Gasteiger partial charge in [-0.25, -0.2) is 0 Å². The first-order chi connectivity index (χ1) is 18.0. The number of rotatable bonds is 7. The van der Waals surface area contributed by atoms with Gasteiger partial charge < -0.3 is 24.8 Å². The highest BCUT2D eigenvalue weighted by atomic mass is 16.5. The van der Waals surface area contributed by atoms with Crippen molar-refractivity contribution >= 4 is 23.4 Å². The number of piperidine rings is 1. The van der Waals surface area contributed by atoms with Crippen LogP contribution in [0.25, 0.3) is 0 Å². The van der Waals surface area contributed by atoms with Crippen LogP contribution in [0.2, 0.25) is 0 Å². The predicted molar refractivity (Wildman–Crippen MR) is 141 cm³/mol. The molecule has 0 aliphatic carbocycles. The quantitative estimate of drug-likeness (QED) is 0.627. The van der Waals surface area contributed by atoms with Crippen molar-refractivity contribution in [2.75, 3.05) is 44.4 Å². The molecule has 0 radical (unpaired) electrons. The Bertz CT molecular complexity index is 1110. The summed E-state index contributed by atoms with van der Waals surface area (Å²) in [6, 6.07) is 17.7.